The van der Waals surface area contributed by atoms with Crippen molar-refractivity contribution in [2.45, 2.75) is 40.0 Å². The second-order valence-corrected chi connectivity index (χ2v) is 4.85. The maximum Gasteiger partial charge on any atom is 0.222 e. The Morgan fingerprint density at radius 1 is 1.54 bits per heavy atom. The van der Waals surface area contributed by atoms with Gasteiger partial charge in [0, 0.05) is 20.0 Å². The van der Waals surface area contributed by atoms with Gasteiger partial charge in [-0.05, 0) is 17.8 Å². The Morgan fingerprint density at radius 2 is 2.15 bits per heavy atom. The van der Waals surface area contributed by atoms with Gasteiger partial charge in [0.05, 0.1) is 0 Å². The molecule has 1 amide bonds. The summed E-state index contributed by atoms with van der Waals surface area (Å²) >= 11 is 0. The van der Waals surface area contributed by atoms with Crippen molar-refractivity contribution in [2.24, 2.45) is 11.3 Å². The third-order valence-corrected chi connectivity index (χ3v) is 3.68. The molecule has 0 spiro atoms. The van der Waals surface area contributed by atoms with Gasteiger partial charge in [-0.2, -0.15) is 0 Å². The Hall–Kier alpha value is -0.530. The highest BCUT2D eigenvalue weighted by Gasteiger charge is 2.33. The van der Waals surface area contributed by atoms with E-state index >= 15 is 0 Å². The summed E-state index contributed by atoms with van der Waals surface area (Å²) in [6.07, 6.45) is 3.08. The van der Waals surface area contributed by atoms with Crippen LogP contribution in [0.2, 0.25) is 0 Å². The fourth-order valence-electron chi connectivity index (χ4n) is 1.90. The Bertz CT molecular complexity index is 198. The van der Waals surface area contributed by atoms with Crippen LogP contribution in [0, 0.1) is 11.3 Å². The van der Waals surface area contributed by atoms with E-state index in [4.69, 9.17) is 0 Å². The molecule has 1 atom stereocenters. The normalized spacial score (nSPS) is 25.1. The lowest BCUT2D eigenvalue weighted by Crippen LogP contribution is -2.40. The zero-order chi connectivity index (χ0) is 10.1. The molecule has 2 nitrogen and oxygen atoms in total. The Balaban J connectivity index is 2.60. The van der Waals surface area contributed by atoms with Crippen molar-refractivity contribution in [3.8, 4) is 0 Å². The second kappa shape index (κ2) is 3.69. The monoisotopic (exact) mass is 183 g/mol. The van der Waals surface area contributed by atoms with Gasteiger partial charge in [0.1, 0.15) is 0 Å². The van der Waals surface area contributed by atoms with Gasteiger partial charge < -0.3 is 4.90 Å². The van der Waals surface area contributed by atoms with Crippen LogP contribution < -0.4 is 0 Å². The molecule has 1 heterocycles. The Morgan fingerprint density at radius 3 is 2.62 bits per heavy atom. The molecule has 13 heavy (non-hydrogen) atoms. The molecule has 0 aromatic carbocycles. The molecule has 1 saturated heterocycles. The zero-order valence-electron chi connectivity index (χ0n) is 9.26. The standard InChI is InChI=1S/C11H21NO/c1-5-11(2,3)9-6-7-12(4)10(13)8-9/h9H,5-8H2,1-4H3. The lowest BCUT2D eigenvalue weighted by Gasteiger charge is -2.38. The van der Waals surface area contributed by atoms with Gasteiger partial charge in [0.25, 0.3) is 0 Å². The third-order valence-electron chi connectivity index (χ3n) is 3.68. The van der Waals surface area contributed by atoms with E-state index in [1.54, 1.807) is 0 Å². The molecule has 1 aliphatic heterocycles. The van der Waals surface area contributed by atoms with Gasteiger partial charge in [0.15, 0.2) is 0 Å². The van der Waals surface area contributed by atoms with E-state index in [1.165, 1.54) is 6.42 Å². The first kappa shape index (κ1) is 10.6. The van der Waals surface area contributed by atoms with Crippen LogP contribution in [0.1, 0.15) is 40.0 Å². The molecule has 0 aliphatic carbocycles. The highest BCUT2D eigenvalue weighted by molar-refractivity contribution is 5.76. The Labute approximate surface area is 81.3 Å². The van der Waals surface area contributed by atoms with Crippen LogP contribution in [0.25, 0.3) is 0 Å². The van der Waals surface area contributed by atoms with Gasteiger partial charge >= 0.3 is 0 Å². The van der Waals surface area contributed by atoms with Crippen molar-refractivity contribution < 1.29 is 4.79 Å². The molecule has 76 valence electrons. The van der Waals surface area contributed by atoms with Gasteiger partial charge in [-0.25, -0.2) is 0 Å². The third kappa shape index (κ3) is 2.23. The van der Waals surface area contributed by atoms with E-state index in [0.29, 0.717) is 17.2 Å². The van der Waals surface area contributed by atoms with Crippen LogP contribution in [0.5, 0.6) is 0 Å². The second-order valence-electron chi connectivity index (χ2n) is 4.85. The predicted octanol–water partition coefficient (Wildman–Crippen LogP) is 2.29. The lowest BCUT2D eigenvalue weighted by atomic mass is 9.72. The fourth-order valence-corrected chi connectivity index (χ4v) is 1.90. The van der Waals surface area contributed by atoms with Crippen molar-refractivity contribution >= 4 is 5.91 Å². The zero-order valence-corrected chi connectivity index (χ0v) is 9.26. The molecule has 1 unspecified atom stereocenters. The average Bonchev–Trinajstić information content (AvgIpc) is 2.09. The van der Waals surface area contributed by atoms with E-state index in [1.807, 2.05) is 11.9 Å². The maximum absolute atomic E-state index is 11.5. The predicted molar refractivity (Wildman–Crippen MR) is 54.4 cm³/mol. The first-order valence-electron chi connectivity index (χ1n) is 5.21. The molecule has 1 rings (SSSR count). The van der Waals surface area contributed by atoms with Gasteiger partial charge in [-0.1, -0.05) is 27.2 Å². The number of piperidine rings is 1. The molecule has 0 bridgehead atoms. The topological polar surface area (TPSA) is 20.3 Å². The van der Waals surface area contributed by atoms with E-state index in [9.17, 15) is 4.79 Å². The van der Waals surface area contributed by atoms with Crippen LogP contribution in [-0.2, 0) is 4.79 Å². The number of carbonyl (C=O) groups excluding carboxylic acids is 1. The number of carbonyl (C=O) groups is 1. The molecule has 0 aromatic heterocycles. The summed E-state index contributed by atoms with van der Waals surface area (Å²) in [6, 6.07) is 0. The van der Waals surface area contributed by atoms with Gasteiger partial charge in [0.2, 0.25) is 5.91 Å². The van der Waals surface area contributed by atoms with Crippen molar-refractivity contribution in [1.29, 1.82) is 0 Å². The molecule has 1 aliphatic rings. The first-order chi connectivity index (χ1) is 5.97. The SMILES string of the molecule is CCC(C)(C)C1CCN(C)C(=O)C1. The quantitative estimate of drug-likeness (QED) is 0.643. The summed E-state index contributed by atoms with van der Waals surface area (Å²) in [4.78, 5) is 13.3. The van der Waals surface area contributed by atoms with Crippen molar-refractivity contribution in [3.63, 3.8) is 0 Å². The largest absolute Gasteiger partial charge is 0.346 e. The number of rotatable bonds is 2. The van der Waals surface area contributed by atoms with E-state index < -0.39 is 0 Å². The first-order valence-corrected chi connectivity index (χ1v) is 5.21. The van der Waals surface area contributed by atoms with Crippen LogP contribution in [-0.4, -0.2) is 24.4 Å². The van der Waals surface area contributed by atoms with Crippen LogP contribution in [0.4, 0.5) is 0 Å². The highest BCUT2D eigenvalue weighted by Crippen LogP contribution is 2.37. The minimum Gasteiger partial charge on any atom is -0.346 e. The fraction of sp³-hybridized carbons (Fsp3) is 0.909. The van der Waals surface area contributed by atoms with Crippen LogP contribution in [0.3, 0.4) is 0 Å². The lowest BCUT2D eigenvalue weighted by molar-refractivity contribution is -0.135. The number of hydrogen-bond acceptors (Lipinski definition) is 1. The average molecular weight is 183 g/mol. The Kier molecular flexibility index (Phi) is 2.99. The molecule has 0 N–H and O–H groups in total. The molecule has 1 fully saturated rings. The number of hydrogen-bond donors (Lipinski definition) is 0. The summed E-state index contributed by atoms with van der Waals surface area (Å²) in [6.45, 7) is 7.70. The number of likely N-dealkylation sites (tertiary alicyclic amines) is 1. The van der Waals surface area contributed by atoms with E-state index in [2.05, 4.69) is 20.8 Å². The van der Waals surface area contributed by atoms with E-state index in [0.717, 1.165) is 19.4 Å². The number of amides is 1. The summed E-state index contributed by atoms with van der Waals surface area (Å²) in [5.41, 5.74) is 0.330. The molecule has 0 aromatic rings. The van der Waals surface area contributed by atoms with Crippen LogP contribution in [0.15, 0.2) is 0 Å². The van der Waals surface area contributed by atoms with Gasteiger partial charge in [-0.15, -0.1) is 0 Å². The molecular formula is C11H21NO. The van der Waals surface area contributed by atoms with Crippen molar-refractivity contribution in [1.82, 2.24) is 4.90 Å². The van der Waals surface area contributed by atoms with E-state index in [-0.39, 0.29) is 0 Å². The maximum atomic E-state index is 11.5. The highest BCUT2D eigenvalue weighted by atomic mass is 16.2. The summed E-state index contributed by atoms with van der Waals surface area (Å²) in [5.74, 6) is 0.902. The molecule has 0 saturated carbocycles. The molecule has 2 heteroatoms. The summed E-state index contributed by atoms with van der Waals surface area (Å²) < 4.78 is 0. The van der Waals surface area contributed by atoms with Crippen LogP contribution >= 0.6 is 0 Å². The minimum atomic E-state index is 0.317. The number of nitrogens with zero attached hydrogens (tertiary/aromatic N) is 1. The van der Waals surface area contributed by atoms with Crippen molar-refractivity contribution in [3.05, 3.63) is 0 Å². The summed E-state index contributed by atoms with van der Waals surface area (Å²) in [5, 5.41) is 0. The van der Waals surface area contributed by atoms with Gasteiger partial charge in [-0.3, -0.25) is 4.79 Å². The molecule has 0 radical (unpaired) electrons. The minimum absolute atomic E-state index is 0.317. The smallest absolute Gasteiger partial charge is 0.222 e. The molecular weight excluding hydrogens is 162 g/mol. The summed E-state index contributed by atoms with van der Waals surface area (Å²) in [7, 11) is 1.90. The van der Waals surface area contributed by atoms with Crippen molar-refractivity contribution in [2.75, 3.05) is 13.6 Å².